The summed E-state index contributed by atoms with van der Waals surface area (Å²) >= 11 is 3.61. The van der Waals surface area contributed by atoms with E-state index in [1.807, 2.05) is 6.07 Å². The Labute approximate surface area is 135 Å². The van der Waals surface area contributed by atoms with Crippen LogP contribution in [-0.4, -0.2) is 29.9 Å². The van der Waals surface area contributed by atoms with E-state index in [1.165, 1.54) is 29.3 Å². The molecule has 1 saturated heterocycles. The van der Waals surface area contributed by atoms with Crippen molar-refractivity contribution >= 4 is 21.8 Å². The fourth-order valence-corrected chi connectivity index (χ4v) is 3.50. The van der Waals surface area contributed by atoms with Crippen LogP contribution in [0, 0.1) is 5.92 Å². The zero-order valence-corrected chi connectivity index (χ0v) is 13.9. The van der Waals surface area contributed by atoms with Crippen LogP contribution in [0.1, 0.15) is 37.7 Å². The van der Waals surface area contributed by atoms with E-state index >= 15 is 0 Å². The molecule has 1 aliphatic carbocycles. The molecule has 2 aliphatic rings. The van der Waals surface area contributed by atoms with Crippen molar-refractivity contribution in [3.63, 3.8) is 0 Å². The van der Waals surface area contributed by atoms with Crippen LogP contribution in [-0.2, 0) is 11.3 Å². The first-order valence-electron chi connectivity index (χ1n) is 7.98. The molecular formula is C17H23BrN2O. The molecule has 1 aromatic carbocycles. The summed E-state index contributed by atoms with van der Waals surface area (Å²) in [6.45, 7) is 3.01. The van der Waals surface area contributed by atoms with Gasteiger partial charge >= 0.3 is 0 Å². The van der Waals surface area contributed by atoms with Crippen LogP contribution >= 0.6 is 15.9 Å². The summed E-state index contributed by atoms with van der Waals surface area (Å²) in [4.78, 5) is 14.6. The number of nitrogens with zero attached hydrogens (tertiary/aromatic N) is 1. The van der Waals surface area contributed by atoms with E-state index in [1.54, 1.807) is 0 Å². The molecule has 1 N–H and O–H groups in total. The molecule has 0 spiro atoms. The van der Waals surface area contributed by atoms with Gasteiger partial charge in [0.1, 0.15) is 0 Å². The van der Waals surface area contributed by atoms with Crippen LogP contribution < -0.4 is 5.32 Å². The third kappa shape index (κ3) is 3.86. The fourth-order valence-electron chi connectivity index (χ4n) is 3.09. The zero-order chi connectivity index (χ0) is 14.7. The molecule has 0 radical (unpaired) electrons. The van der Waals surface area contributed by atoms with Gasteiger partial charge in [0, 0.05) is 23.0 Å². The largest absolute Gasteiger partial charge is 0.353 e. The number of benzene rings is 1. The Balaban J connectivity index is 1.46. The van der Waals surface area contributed by atoms with Crippen LogP contribution in [0.5, 0.6) is 0 Å². The number of nitrogens with one attached hydrogen (secondary N) is 1. The first-order chi connectivity index (χ1) is 10.2. The van der Waals surface area contributed by atoms with Gasteiger partial charge in [-0.05, 0) is 56.8 Å². The minimum absolute atomic E-state index is 0.223. The average molecular weight is 351 g/mol. The highest BCUT2D eigenvalue weighted by molar-refractivity contribution is 9.10. The van der Waals surface area contributed by atoms with Crippen LogP contribution in [0.3, 0.4) is 0 Å². The maximum atomic E-state index is 12.2. The van der Waals surface area contributed by atoms with Gasteiger partial charge in [-0.1, -0.05) is 34.1 Å². The Bertz CT molecular complexity index is 493. The van der Waals surface area contributed by atoms with Crippen molar-refractivity contribution in [2.75, 3.05) is 13.1 Å². The quantitative estimate of drug-likeness (QED) is 0.903. The van der Waals surface area contributed by atoms with Gasteiger partial charge < -0.3 is 5.32 Å². The number of hydrogen-bond donors (Lipinski definition) is 1. The van der Waals surface area contributed by atoms with Crippen molar-refractivity contribution in [2.45, 2.75) is 44.7 Å². The van der Waals surface area contributed by atoms with E-state index < -0.39 is 0 Å². The number of hydrogen-bond acceptors (Lipinski definition) is 2. The summed E-state index contributed by atoms with van der Waals surface area (Å²) in [5.74, 6) is 0.515. The Kier molecular flexibility index (Phi) is 4.96. The number of carbonyl (C=O) groups is 1. The molecule has 1 aromatic rings. The molecule has 0 aromatic heterocycles. The average Bonchev–Trinajstić information content (AvgIpc) is 2.46. The molecule has 1 amide bonds. The van der Waals surface area contributed by atoms with E-state index in [0.717, 1.165) is 32.5 Å². The highest BCUT2D eigenvalue weighted by atomic mass is 79.9. The second-order valence-electron chi connectivity index (χ2n) is 6.28. The van der Waals surface area contributed by atoms with Crippen LogP contribution in [0.2, 0.25) is 0 Å². The Morgan fingerprint density at radius 1 is 1.19 bits per heavy atom. The lowest BCUT2D eigenvalue weighted by molar-refractivity contribution is -0.127. The molecular weight excluding hydrogens is 328 g/mol. The van der Waals surface area contributed by atoms with Crippen molar-refractivity contribution in [1.82, 2.24) is 10.2 Å². The maximum absolute atomic E-state index is 12.2. The van der Waals surface area contributed by atoms with Gasteiger partial charge in [-0.15, -0.1) is 0 Å². The molecule has 3 nitrogen and oxygen atoms in total. The lowest BCUT2D eigenvalue weighted by Gasteiger charge is -2.33. The molecule has 3 rings (SSSR count). The van der Waals surface area contributed by atoms with E-state index in [9.17, 15) is 4.79 Å². The van der Waals surface area contributed by atoms with Gasteiger partial charge in [-0.3, -0.25) is 9.69 Å². The number of piperidine rings is 1. The zero-order valence-electron chi connectivity index (χ0n) is 12.4. The number of carbonyl (C=O) groups excluding carboxylic acids is 1. The van der Waals surface area contributed by atoms with E-state index in [4.69, 9.17) is 0 Å². The van der Waals surface area contributed by atoms with Crippen molar-refractivity contribution in [2.24, 2.45) is 5.92 Å². The van der Waals surface area contributed by atoms with Crippen molar-refractivity contribution in [3.8, 4) is 0 Å². The van der Waals surface area contributed by atoms with Gasteiger partial charge in [0.2, 0.25) is 5.91 Å². The van der Waals surface area contributed by atoms with Gasteiger partial charge in [0.15, 0.2) is 0 Å². The molecule has 4 heteroatoms. The Morgan fingerprint density at radius 2 is 1.90 bits per heavy atom. The summed E-state index contributed by atoms with van der Waals surface area (Å²) in [6.07, 6.45) is 5.60. The fraction of sp³-hybridized carbons (Fsp3) is 0.588. The number of rotatable bonds is 4. The van der Waals surface area contributed by atoms with Gasteiger partial charge in [0.25, 0.3) is 0 Å². The molecule has 1 saturated carbocycles. The van der Waals surface area contributed by atoms with E-state index in [2.05, 4.69) is 44.3 Å². The summed E-state index contributed by atoms with van der Waals surface area (Å²) in [7, 11) is 0. The molecule has 1 heterocycles. The summed E-state index contributed by atoms with van der Waals surface area (Å²) < 4.78 is 1.18. The van der Waals surface area contributed by atoms with Gasteiger partial charge in [-0.25, -0.2) is 0 Å². The first-order valence-corrected chi connectivity index (χ1v) is 8.78. The van der Waals surface area contributed by atoms with E-state index in [0.29, 0.717) is 11.9 Å². The summed E-state index contributed by atoms with van der Waals surface area (Å²) in [5, 5.41) is 3.19. The standard InChI is InChI=1S/C17H23BrN2O/c18-16-7-2-1-4-14(16)12-20-10-8-13(9-11-20)17(21)19-15-5-3-6-15/h1-2,4,7,13,15H,3,5-6,8-12H2,(H,19,21). The first kappa shape index (κ1) is 15.0. The highest BCUT2D eigenvalue weighted by Crippen LogP contribution is 2.24. The normalized spacial score (nSPS) is 21.0. The number of amides is 1. The monoisotopic (exact) mass is 350 g/mol. The predicted octanol–water partition coefficient (Wildman–Crippen LogP) is 3.33. The minimum Gasteiger partial charge on any atom is -0.353 e. The van der Waals surface area contributed by atoms with Gasteiger partial charge in [-0.2, -0.15) is 0 Å². The topological polar surface area (TPSA) is 32.3 Å². The van der Waals surface area contributed by atoms with Crippen LogP contribution in [0.25, 0.3) is 0 Å². The minimum atomic E-state index is 0.223. The molecule has 21 heavy (non-hydrogen) atoms. The van der Waals surface area contributed by atoms with Gasteiger partial charge in [0.05, 0.1) is 0 Å². The highest BCUT2D eigenvalue weighted by Gasteiger charge is 2.28. The second kappa shape index (κ2) is 6.93. The lowest BCUT2D eigenvalue weighted by atomic mass is 9.90. The molecule has 0 unspecified atom stereocenters. The molecule has 114 valence electrons. The van der Waals surface area contributed by atoms with Crippen LogP contribution in [0.4, 0.5) is 0 Å². The Hall–Kier alpha value is -0.870. The summed E-state index contributed by atoms with van der Waals surface area (Å²) in [6, 6.07) is 8.85. The summed E-state index contributed by atoms with van der Waals surface area (Å²) in [5.41, 5.74) is 1.33. The van der Waals surface area contributed by atoms with Crippen molar-refractivity contribution in [1.29, 1.82) is 0 Å². The third-order valence-electron chi connectivity index (χ3n) is 4.76. The smallest absolute Gasteiger partial charge is 0.223 e. The Morgan fingerprint density at radius 3 is 2.52 bits per heavy atom. The lowest BCUT2D eigenvalue weighted by Crippen LogP contribution is -2.45. The van der Waals surface area contributed by atoms with E-state index in [-0.39, 0.29) is 5.92 Å². The molecule has 2 fully saturated rings. The molecule has 0 bridgehead atoms. The van der Waals surface area contributed by atoms with Crippen molar-refractivity contribution in [3.05, 3.63) is 34.3 Å². The predicted molar refractivity (Wildman–Crippen MR) is 87.9 cm³/mol. The maximum Gasteiger partial charge on any atom is 0.223 e. The number of likely N-dealkylation sites (tertiary alicyclic amines) is 1. The van der Waals surface area contributed by atoms with Crippen molar-refractivity contribution < 1.29 is 4.79 Å². The number of halogens is 1. The molecule has 0 atom stereocenters. The third-order valence-corrected chi connectivity index (χ3v) is 5.54. The molecule has 1 aliphatic heterocycles. The SMILES string of the molecule is O=C(NC1CCC1)C1CCN(Cc2ccccc2Br)CC1. The second-order valence-corrected chi connectivity index (χ2v) is 7.13. The van der Waals surface area contributed by atoms with Crippen LogP contribution in [0.15, 0.2) is 28.7 Å².